The number of aliphatic hydroxyl groups excluding tert-OH is 1. The van der Waals surface area contributed by atoms with Crippen LogP contribution >= 0.6 is 0 Å². The van der Waals surface area contributed by atoms with E-state index in [2.05, 4.69) is 6.58 Å². The summed E-state index contributed by atoms with van der Waals surface area (Å²) in [5.74, 6) is -1.23. The summed E-state index contributed by atoms with van der Waals surface area (Å²) < 4.78 is 0. The number of hydrogen-bond donors (Lipinski definition) is 1. The number of aliphatic hydroxyl groups is 1. The zero-order valence-corrected chi connectivity index (χ0v) is 8.88. The molecule has 0 spiro atoms. The van der Waals surface area contributed by atoms with Crippen LogP contribution in [0.1, 0.15) is 6.92 Å². The second kappa shape index (κ2) is 15.9. The van der Waals surface area contributed by atoms with Crippen LogP contribution in [0.4, 0.5) is 0 Å². The molecular weight excluding hydrogens is 147 g/mol. The van der Waals surface area contributed by atoms with E-state index < -0.39 is 5.97 Å². The first kappa shape index (κ1) is 16.4. The number of rotatable bonds is 1. The van der Waals surface area contributed by atoms with Crippen molar-refractivity contribution < 1.29 is 66.4 Å². The second-order valence-electron chi connectivity index (χ2n) is 0.839. The van der Waals surface area contributed by atoms with Crippen molar-refractivity contribution in [1.29, 1.82) is 0 Å². The molecule has 0 aromatic rings. The minimum Gasteiger partial charge on any atom is -0.545 e. The monoisotopic (exact) mass is 156 g/mol. The molecule has 3 nitrogen and oxygen atoms in total. The smallest absolute Gasteiger partial charge is 0.545 e. The fourth-order valence-corrected chi connectivity index (χ4v) is 0. The van der Waals surface area contributed by atoms with Gasteiger partial charge in [-0.2, -0.15) is 0 Å². The average Bonchev–Trinajstić information content (AvgIpc) is 1.69. The van der Waals surface area contributed by atoms with Crippen molar-refractivity contribution in [2.24, 2.45) is 0 Å². The van der Waals surface area contributed by atoms with E-state index in [0.29, 0.717) is 0 Å². The predicted molar refractivity (Wildman–Crippen MR) is 28.0 cm³/mol. The average molecular weight is 156 g/mol. The summed E-state index contributed by atoms with van der Waals surface area (Å²) in [6.07, 6.45) is 0.722. The summed E-state index contributed by atoms with van der Waals surface area (Å²) in [5, 5.41) is 16.7. The first-order chi connectivity index (χ1) is 3.68. The second-order valence-corrected chi connectivity index (χ2v) is 0.839. The summed E-state index contributed by atoms with van der Waals surface area (Å²) in [7, 11) is 0. The van der Waals surface area contributed by atoms with Crippen LogP contribution in [-0.4, -0.2) is 17.7 Å². The van der Waals surface area contributed by atoms with Crippen LogP contribution in [0.25, 0.3) is 0 Å². The standard InChI is InChI=1S/C3H4O2.C2H6O.K/c1-2-3(4)5;1-2-3;/h2H,1H2,(H,4,5);3H,2H2,1H3;/q;;+1/p-1. The summed E-state index contributed by atoms with van der Waals surface area (Å²) in [6.45, 7) is 4.83. The molecule has 0 aromatic carbocycles. The van der Waals surface area contributed by atoms with Crippen LogP contribution in [0.3, 0.4) is 0 Å². The zero-order chi connectivity index (χ0) is 6.99. The van der Waals surface area contributed by atoms with E-state index in [9.17, 15) is 0 Å². The SMILES string of the molecule is C=CC(=O)[O-].CCO.[K+]. The Labute approximate surface area is 97.2 Å². The summed E-state index contributed by atoms with van der Waals surface area (Å²) >= 11 is 0. The molecule has 4 heteroatoms. The van der Waals surface area contributed by atoms with Crippen molar-refractivity contribution in [1.82, 2.24) is 0 Å². The van der Waals surface area contributed by atoms with Crippen LogP contribution in [0, 0.1) is 0 Å². The summed E-state index contributed by atoms with van der Waals surface area (Å²) in [4.78, 5) is 9.14. The van der Waals surface area contributed by atoms with E-state index in [-0.39, 0.29) is 58.0 Å². The van der Waals surface area contributed by atoms with E-state index in [4.69, 9.17) is 15.0 Å². The van der Waals surface area contributed by atoms with Crippen molar-refractivity contribution in [2.75, 3.05) is 6.61 Å². The van der Waals surface area contributed by atoms with Gasteiger partial charge in [-0.15, -0.1) is 0 Å². The Bertz CT molecular complexity index is 72.6. The minimum absolute atomic E-state index is 0. The van der Waals surface area contributed by atoms with Crippen LogP contribution in [0.2, 0.25) is 0 Å². The molecule has 1 N–H and O–H groups in total. The fourth-order valence-electron chi connectivity index (χ4n) is 0. The molecule has 0 fully saturated rings. The molecule has 0 heterocycles. The van der Waals surface area contributed by atoms with Gasteiger partial charge in [0.25, 0.3) is 0 Å². The Kier molecular flexibility index (Phi) is 29.0. The third-order valence-electron chi connectivity index (χ3n) is 0.167. The molecule has 48 valence electrons. The van der Waals surface area contributed by atoms with E-state index in [0.717, 1.165) is 6.08 Å². The molecule has 0 radical (unpaired) electrons. The molecule has 0 saturated carbocycles. The van der Waals surface area contributed by atoms with E-state index >= 15 is 0 Å². The van der Waals surface area contributed by atoms with Gasteiger partial charge in [0.2, 0.25) is 0 Å². The zero-order valence-electron chi connectivity index (χ0n) is 5.76. The fraction of sp³-hybridized carbons (Fsp3) is 0.400. The first-order valence-corrected chi connectivity index (χ1v) is 2.13. The number of aliphatic carboxylic acids is 1. The van der Waals surface area contributed by atoms with Gasteiger partial charge in [-0.05, 0) is 13.0 Å². The molecule has 0 atom stereocenters. The van der Waals surface area contributed by atoms with Gasteiger partial charge in [0, 0.05) is 6.61 Å². The molecule has 0 aromatic heterocycles. The number of carboxylic acids is 1. The third-order valence-corrected chi connectivity index (χ3v) is 0.167. The van der Waals surface area contributed by atoms with E-state index in [1.54, 1.807) is 6.92 Å². The Morgan fingerprint density at radius 3 is 2.00 bits per heavy atom. The van der Waals surface area contributed by atoms with E-state index in [1.165, 1.54) is 0 Å². The Hall–Kier alpha value is 0.806. The maximum absolute atomic E-state index is 9.14. The third kappa shape index (κ3) is 51.8. The molecule has 0 rings (SSSR count). The topological polar surface area (TPSA) is 60.4 Å². The van der Waals surface area contributed by atoms with Crippen LogP contribution in [0.5, 0.6) is 0 Å². The predicted octanol–water partition coefficient (Wildman–Crippen LogP) is -4.08. The largest absolute Gasteiger partial charge is 1.00 e. The van der Waals surface area contributed by atoms with Gasteiger partial charge in [-0.25, -0.2) is 0 Å². The van der Waals surface area contributed by atoms with Crippen LogP contribution in [0.15, 0.2) is 12.7 Å². The normalized spacial score (nSPS) is 5.56. The Morgan fingerprint density at radius 1 is 1.89 bits per heavy atom. The molecule has 0 saturated heterocycles. The number of hydrogen-bond acceptors (Lipinski definition) is 3. The maximum atomic E-state index is 9.14. The van der Waals surface area contributed by atoms with Gasteiger partial charge in [0.15, 0.2) is 0 Å². The van der Waals surface area contributed by atoms with Crippen molar-refractivity contribution in [3.8, 4) is 0 Å². The van der Waals surface area contributed by atoms with Crippen molar-refractivity contribution >= 4 is 5.97 Å². The maximum Gasteiger partial charge on any atom is 1.00 e. The van der Waals surface area contributed by atoms with E-state index in [1.807, 2.05) is 0 Å². The van der Waals surface area contributed by atoms with Crippen molar-refractivity contribution in [3.05, 3.63) is 12.7 Å². The minimum atomic E-state index is -1.23. The summed E-state index contributed by atoms with van der Waals surface area (Å²) in [5.41, 5.74) is 0. The quantitative estimate of drug-likeness (QED) is 0.310. The van der Waals surface area contributed by atoms with Gasteiger partial charge in [-0.3, -0.25) is 0 Å². The molecule has 0 amide bonds. The van der Waals surface area contributed by atoms with Gasteiger partial charge >= 0.3 is 51.4 Å². The number of carbonyl (C=O) groups excluding carboxylic acids is 1. The molecule has 9 heavy (non-hydrogen) atoms. The van der Waals surface area contributed by atoms with Gasteiger partial charge < -0.3 is 15.0 Å². The molecule has 0 aliphatic rings. The first-order valence-electron chi connectivity index (χ1n) is 2.13. The molecule has 0 bridgehead atoms. The van der Waals surface area contributed by atoms with Crippen molar-refractivity contribution in [3.63, 3.8) is 0 Å². The molecular formula is C5H9KO3. The van der Waals surface area contributed by atoms with Crippen LogP contribution < -0.4 is 56.5 Å². The Morgan fingerprint density at radius 2 is 2.00 bits per heavy atom. The van der Waals surface area contributed by atoms with Gasteiger partial charge in [-0.1, -0.05) is 6.58 Å². The Balaban J connectivity index is -0.0000000800. The van der Waals surface area contributed by atoms with Gasteiger partial charge in [0.1, 0.15) is 0 Å². The molecule has 0 aliphatic carbocycles. The molecule has 0 aliphatic heterocycles. The van der Waals surface area contributed by atoms with Crippen LogP contribution in [-0.2, 0) is 4.79 Å². The number of carbonyl (C=O) groups is 1. The van der Waals surface area contributed by atoms with Crippen molar-refractivity contribution in [2.45, 2.75) is 6.92 Å². The van der Waals surface area contributed by atoms with Gasteiger partial charge in [0.05, 0.1) is 5.97 Å². The number of carboxylic acid groups (broad SMARTS) is 1. The molecule has 0 unspecified atom stereocenters. The summed E-state index contributed by atoms with van der Waals surface area (Å²) in [6, 6.07) is 0.